The third kappa shape index (κ3) is 3.94. The Morgan fingerprint density at radius 1 is 1.12 bits per heavy atom. The molecule has 0 amide bonds. The Balaban J connectivity index is 3.84. The molecule has 1 aromatic carbocycles. The van der Waals surface area contributed by atoms with Crippen LogP contribution < -0.4 is 4.74 Å². The van der Waals surface area contributed by atoms with Gasteiger partial charge in [0.15, 0.2) is 11.5 Å². The lowest BCUT2D eigenvalue weighted by molar-refractivity contribution is 0.0499. The fourth-order valence-corrected chi connectivity index (χ4v) is 2.77. The maximum absolute atomic E-state index is 12.7. The minimum atomic E-state index is -0.534. The van der Waals surface area contributed by atoms with Gasteiger partial charge in [0, 0.05) is 11.1 Å². The molecular weight excluding hydrogens is 308 g/mol. The molecule has 0 aliphatic heterocycles. The second-order valence-electron chi connectivity index (χ2n) is 7.16. The molecule has 0 atom stereocenters. The smallest absolute Gasteiger partial charge is 0.339 e. The second-order valence-corrected chi connectivity index (χ2v) is 7.16. The fraction of sp³-hybridized carbons (Fsp3) is 0.632. The predicted molar refractivity (Wildman–Crippen MR) is 94.3 cm³/mol. The lowest BCUT2D eigenvalue weighted by Gasteiger charge is -2.28. The molecule has 0 heterocycles. The lowest BCUT2D eigenvalue weighted by atomic mass is 9.78. The topological polar surface area (TPSA) is 76.0 Å². The minimum Gasteiger partial charge on any atom is -0.504 e. The molecule has 0 fully saturated rings. The molecule has 5 nitrogen and oxygen atoms in total. The van der Waals surface area contributed by atoms with Gasteiger partial charge in [0.05, 0.1) is 18.8 Å². The summed E-state index contributed by atoms with van der Waals surface area (Å²) in [5.74, 6) is -1.04. The van der Waals surface area contributed by atoms with Gasteiger partial charge in [-0.2, -0.15) is 0 Å². The van der Waals surface area contributed by atoms with Gasteiger partial charge in [0.1, 0.15) is 0 Å². The molecule has 2 N–H and O–H groups in total. The monoisotopic (exact) mass is 338 g/mol. The van der Waals surface area contributed by atoms with Gasteiger partial charge in [0.2, 0.25) is 5.75 Å². The van der Waals surface area contributed by atoms with Crippen molar-refractivity contribution in [2.24, 2.45) is 0 Å². The van der Waals surface area contributed by atoms with Crippen LogP contribution in [0.5, 0.6) is 17.2 Å². The number of phenolic OH excluding ortho intramolecular Hbond substituents is 2. The number of aromatic hydroxyl groups is 2. The molecule has 5 heteroatoms. The highest BCUT2D eigenvalue weighted by Gasteiger charge is 2.35. The molecule has 0 saturated heterocycles. The number of carbonyl (C=O) groups is 1. The van der Waals surface area contributed by atoms with Crippen LogP contribution in [0.3, 0.4) is 0 Å². The van der Waals surface area contributed by atoms with E-state index in [1.165, 1.54) is 0 Å². The quantitative estimate of drug-likeness (QED) is 0.748. The van der Waals surface area contributed by atoms with Crippen LogP contribution in [0.4, 0.5) is 0 Å². The van der Waals surface area contributed by atoms with Gasteiger partial charge in [-0.1, -0.05) is 41.5 Å². The summed E-state index contributed by atoms with van der Waals surface area (Å²) < 4.78 is 10.8. The third-order valence-electron chi connectivity index (χ3n) is 3.70. The molecule has 0 saturated carbocycles. The van der Waals surface area contributed by atoms with Gasteiger partial charge in [0.25, 0.3) is 0 Å². The molecule has 0 unspecified atom stereocenters. The molecule has 1 aromatic rings. The predicted octanol–water partition coefficient (Wildman–Crippen LogP) is 4.48. The maximum atomic E-state index is 12.7. The molecule has 0 radical (unpaired) electrons. The Bertz CT molecular complexity index is 597. The number of hydrogen-bond acceptors (Lipinski definition) is 5. The molecule has 0 spiro atoms. The molecule has 136 valence electrons. The summed E-state index contributed by atoms with van der Waals surface area (Å²) in [5, 5.41) is 21.3. The van der Waals surface area contributed by atoms with E-state index < -0.39 is 11.4 Å². The summed E-state index contributed by atoms with van der Waals surface area (Å²) in [6.07, 6.45) is 0.697. The van der Waals surface area contributed by atoms with E-state index in [9.17, 15) is 15.0 Å². The number of ether oxygens (including phenoxy) is 2. The number of hydrogen-bond donors (Lipinski definition) is 2. The SMILES string of the molecule is CCCOC(=O)c1c(C(C)C)c(O)c(OCC)c(O)c1C(C)(C)C. The second kappa shape index (κ2) is 7.77. The standard InChI is InChI=1S/C19H30O5/c1-8-10-24-18(22)13-12(11(3)4)15(20)17(23-9-2)16(21)14(13)19(5,6)7/h11,20-21H,8-10H2,1-7H3. The first-order chi connectivity index (χ1) is 11.1. The fourth-order valence-electron chi connectivity index (χ4n) is 2.77. The van der Waals surface area contributed by atoms with Gasteiger partial charge in [-0.3, -0.25) is 0 Å². The summed E-state index contributed by atoms with van der Waals surface area (Å²) in [7, 11) is 0. The van der Waals surface area contributed by atoms with E-state index in [0.29, 0.717) is 24.2 Å². The number of phenols is 2. The highest BCUT2D eigenvalue weighted by molar-refractivity contribution is 5.96. The zero-order valence-corrected chi connectivity index (χ0v) is 15.8. The van der Waals surface area contributed by atoms with E-state index in [2.05, 4.69) is 0 Å². The van der Waals surface area contributed by atoms with Gasteiger partial charge in [-0.05, 0) is 24.7 Å². The van der Waals surface area contributed by atoms with Crippen molar-refractivity contribution in [3.05, 3.63) is 16.7 Å². The van der Waals surface area contributed by atoms with Crippen LogP contribution in [0.2, 0.25) is 0 Å². The Morgan fingerprint density at radius 2 is 1.71 bits per heavy atom. The summed E-state index contributed by atoms with van der Waals surface area (Å²) in [4.78, 5) is 12.7. The summed E-state index contributed by atoms with van der Waals surface area (Å²) >= 11 is 0. The molecule has 0 aliphatic carbocycles. The van der Waals surface area contributed by atoms with Gasteiger partial charge in [-0.25, -0.2) is 4.79 Å². The molecule has 0 bridgehead atoms. The third-order valence-corrected chi connectivity index (χ3v) is 3.70. The Morgan fingerprint density at radius 3 is 2.12 bits per heavy atom. The van der Waals surface area contributed by atoms with Crippen LogP contribution >= 0.6 is 0 Å². The first kappa shape index (κ1) is 20.1. The van der Waals surface area contributed by atoms with E-state index in [1.807, 2.05) is 41.5 Å². The maximum Gasteiger partial charge on any atom is 0.339 e. The van der Waals surface area contributed by atoms with E-state index in [0.717, 1.165) is 0 Å². The van der Waals surface area contributed by atoms with Crippen LogP contribution in [-0.2, 0) is 10.2 Å². The van der Waals surface area contributed by atoms with Gasteiger partial charge >= 0.3 is 5.97 Å². The summed E-state index contributed by atoms with van der Waals surface area (Å²) in [5.41, 5.74) is 0.591. The Kier molecular flexibility index (Phi) is 6.52. The van der Waals surface area contributed by atoms with Crippen molar-refractivity contribution in [2.75, 3.05) is 13.2 Å². The van der Waals surface area contributed by atoms with Gasteiger partial charge < -0.3 is 19.7 Å². The van der Waals surface area contributed by atoms with Crippen LogP contribution in [-0.4, -0.2) is 29.4 Å². The largest absolute Gasteiger partial charge is 0.504 e. The highest BCUT2D eigenvalue weighted by atomic mass is 16.5. The molecule has 0 aliphatic rings. The van der Waals surface area contributed by atoms with Crippen molar-refractivity contribution in [3.8, 4) is 17.2 Å². The molecule has 0 aromatic heterocycles. The lowest BCUT2D eigenvalue weighted by Crippen LogP contribution is -2.22. The number of esters is 1. The van der Waals surface area contributed by atoms with Crippen molar-refractivity contribution in [1.82, 2.24) is 0 Å². The minimum absolute atomic E-state index is 0.0261. The van der Waals surface area contributed by atoms with Crippen LogP contribution in [0.25, 0.3) is 0 Å². The zero-order valence-electron chi connectivity index (χ0n) is 15.8. The van der Waals surface area contributed by atoms with E-state index in [-0.39, 0.29) is 35.3 Å². The highest BCUT2D eigenvalue weighted by Crippen LogP contribution is 2.50. The molecular formula is C19H30O5. The van der Waals surface area contributed by atoms with Crippen LogP contribution in [0, 0.1) is 0 Å². The number of benzene rings is 1. The first-order valence-corrected chi connectivity index (χ1v) is 8.49. The van der Waals surface area contributed by atoms with Crippen molar-refractivity contribution >= 4 is 5.97 Å². The Hall–Kier alpha value is -1.91. The van der Waals surface area contributed by atoms with E-state index >= 15 is 0 Å². The van der Waals surface area contributed by atoms with Crippen LogP contribution in [0.1, 0.15) is 82.3 Å². The molecule has 1 rings (SSSR count). The number of carbonyl (C=O) groups excluding carboxylic acids is 1. The van der Waals surface area contributed by atoms with E-state index in [4.69, 9.17) is 9.47 Å². The summed E-state index contributed by atoms with van der Waals surface area (Å²) in [6, 6.07) is 0. The Labute approximate surface area is 144 Å². The zero-order chi connectivity index (χ0) is 18.7. The van der Waals surface area contributed by atoms with Gasteiger partial charge in [-0.15, -0.1) is 0 Å². The molecule has 24 heavy (non-hydrogen) atoms. The normalized spacial score (nSPS) is 11.7. The first-order valence-electron chi connectivity index (χ1n) is 8.49. The van der Waals surface area contributed by atoms with E-state index in [1.54, 1.807) is 6.92 Å². The average Bonchev–Trinajstić information content (AvgIpc) is 2.46. The van der Waals surface area contributed by atoms with Crippen molar-refractivity contribution < 1.29 is 24.5 Å². The summed E-state index contributed by atoms with van der Waals surface area (Å²) in [6.45, 7) is 13.7. The van der Waals surface area contributed by atoms with Crippen molar-refractivity contribution in [2.45, 2.75) is 66.2 Å². The average molecular weight is 338 g/mol. The number of rotatable bonds is 6. The van der Waals surface area contributed by atoms with Crippen molar-refractivity contribution in [3.63, 3.8) is 0 Å². The van der Waals surface area contributed by atoms with Crippen molar-refractivity contribution in [1.29, 1.82) is 0 Å². The van der Waals surface area contributed by atoms with Crippen LogP contribution in [0.15, 0.2) is 0 Å².